The zero-order chi connectivity index (χ0) is 20.1. The standard InChI is InChI=1S/C16H19N3O6S2/c1-2-3-12-17-26(22,23)15-8-4-13(5-9-15)18-27(24,25)16-10-6-14(7-11-16)19(20)21/h4-11,17-18H,2-3,12H2,1H3. The quantitative estimate of drug-likeness (QED) is 0.368. The third-order valence-corrected chi connectivity index (χ3v) is 6.47. The molecule has 0 aromatic heterocycles. The fourth-order valence-electron chi connectivity index (χ4n) is 2.13. The maximum atomic E-state index is 12.3. The first kappa shape index (κ1) is 20.8. The number of anilines is 1. The lowest BCUT2D eigenvalue weighted by Crippen LogP contribution is -2.24. The van der Waals surface area contributed by atoms with E-state index in [1.807, 2.05) is 6.92 Å². The van der Waals surface area contributed by atoms with E-state index < -0.39 is 25.0 Å². The van der Waals surface area contributed by atoms with Gasteiger partial charge in [-0.25, -0.2) is 21.6 Å². The second kappa shape index (κ2) is 8.46. The Hall–Kier alpha value is -2.50. The minimum absolute atomic E-state index is 0.0249. The molecule has 146 valence electrons. The van der Waals surface area contributed by atoms with Crippen LogP contribution in [-0.2, 0) is 20.0 Å². The van der Waals surface area contributed by atoms with E-state index in [4.69, 9.17) is 0 Å². The van der Waals surface area contributed by atoms with Gasteiger partial charge in [0, 0.05) is 24.4 Å². The van der Waals surface area contributed by atoms with Crippen molar-refractivity contribution in [3.63, 3.8) is 0 Å². The highest BCUT2D eigenvalue weighted by atomic mass is 32.2. The number of sulfonamides is 2. The van der Waals surface area contributed by atoms with Crippen LogP contribution in [0.5, 0.6) is 0 Å². The predicted molar refractivity (Wildman–Crippen MR) is 100 cm³/mol. The van der Waals surface area contributed by atoms with Crippen LogP contribution < -0.4 is 9.44 Å². The van der Waals surface area contributed by atoms with E-state index in [9.17, 15) is 26.9 Å². The van der Waals surface area contributed by atoms with Gasteiger partial charge in [-0.05, 0) is 42.8 Å². The SMILES string of the molecule is CCCCNS(=O)(=O)c1ccc(NS(=O)(=O)c2ccc([N+](=O)[O-])cc2)cc1. The zero-order valence-corrected chi connectivity index (χ0v) is 16.1. The molecular formula is C16H19N3O6S2. The van der Waals surface area contributed by atoms with E-state index in [-0.39, 0.29) is 21.2 Å². The van der Waals surface area contributed by atoms with Crippen LogP contribution in [0.4, 0.5) is 11.4 Å². The third-order valence-electron chi connectivity index (χ3n) is 3.60. The average Bonchev–Trinajstić information content (AvgIpc) is 2.62. The molecule has 0 aliphatic heterocycles. The van der Waals surface area contributed by atoms with Crippen LogP contribution >= 0.6 is 0 Å². The Morgan fingerprint density at radius 1 is 0.889 bits per heavy atom. The van der Waals surface area contributed by atoms with E-state index in [1.165, 1.54) is 24.3 Å². The molecule has 0 aliphatic rings. The Morgan fingerprint density at radius 3 is 1.93 bits per heavy atom. The number of nitrogens with zero attached hydrogens (tertiary/aromatic N) is 1. The summed E-state index contributed by atoms with van der Waals surface area (Å²) in [5, 5.41) is 10.6. The number of unbranched alkanes of at least 4 members (excludes halogenated alkanes) is 1. The molecule has 11 heteroatoms. The van der Waals surface area contributed by atoms with Crippen LogP contribution in [0.15, 0.2) is 58.3 Å². The van der Waals surface area contributed by atoms with Crippen molar-refractivity contribution in [2.24, 2.45) is 0 Å². The van der Waals surface area contributed by atoms with Crippen molar-refractivity contribution in [1.29, 1.82) is 0 Å². The smallest absolute Gasteiger partial charge is 0.269 e. The Morgan fingerprint density at radius 2 is 1.41 bits per heavy atom. The molecule has 0 aliphatic carbocycles. The van der Waals surface area contributed by atoms with Gasteiger partial charge in [-0.3, -0.25) is 14.8 Å². The highest BCUT2D eigenvalue weighted by molar-refractivity contribution is 7.92. The molecule has 0 saturated heterocycles. The zero-order valence-electron chi connectivity index (χ0n) is 14.5. The van der Waals surface area contributed by atoms with Crippen molar-refractivity contribution >= 4 is 31.4 Å². The summed E-state index contributed by atoms with van der Waals surface area (Å²) in [4.78, 5) is 9.89. The molecule has 27 heavy (non-hydrogen) atoms. The number of rotatable bonds is 9. The molecule has 0 saturated carbocycles. The van der Waals surface area contributed by atoms with E-state index >= 15 is 0 Å². The van der Waals surface area contributed by atoms with Crippen LogP contribution in [0, 0.1) is 10.1 Å². The van der Waals surface area contributed by atoms with E-state index in [0.717, 1.165) is 30.7 Å². The maximum absolute atomic E-state index is 12.3. The first-order valence-corrected chi connectivity index (χ1v) is 11.0. The number of hydrogen-bond acceptors (Lipinski definition) is 6. The first-order chi connectivity index (χ1) is 12.7. The highest BCUT2D eigenvalue weighted by Crippen LogP contribution is 2.20. The average molecular weight is 413 g/mol. The van der Waals surface area contributed by atoms with E-state index in [1.54, 1.807) is 0 Å². The summed E-state index contributed by atoms with van der Waals surface area (Å²) >= 11 is 0. The molecule has 0 spiro atoms. The number of nitro groups is 1. The van der Waals surface area contributed by atoms with Gasteiger partial charge < -0.3 is 0 Å². The van der Waals surface area contributed by atoms with Crippen molar-refractivity contribution in [2.45, 2.75) is 29.6 Å². The summed E-state index contributed by atoms with van der Waals surface area (Å²) < 4.78 is 53.6. The number of hydrogen-bond donors (Lipinski definition) is 2. The van der Waals surface area contributed by atoms with Crippen LogP contribution in [0.2, 0.25) is 0 Å². The molecule has 0 bridgehead atoms. The second-order valence-corrected chi connectivity index (χ2v) is 9.08. The number of nitrogens with one attached hydrogen (secondary N) is 2. The van der Waals surface area contributed by atoms with Crippen LogP contribution in [0.1, 0.15) is 19.8 Å². The topological polar surface area (TPSA) is 135 Å². The molecule has 0 radical (unpaired) electrons. The molecular weight excluding hydrogens is 394 g/mol. The summed E-state index contributed by atoms with van der Waals surface area (Å²) in [6.07, 6.45) is 1.57. The molecule has 0 atom stereocenters. The Labute approximate surface area is 157 Å². The van der Waals surface area contributed by atoms with E-state index in [0.29, 0.717) is 13.0 Å². The molecule has 0 fully saturated rings. The van der Waals surface area contributed by atoms with Gasteiger partial charge in [0.2, 0.25) is 10.0 Å². The Balaban J connectivity index is 2.14. The summed E-state index contributed by atoms with van der Waals surface area (Å²) in [5.41, 5.74) is -0.0556. The molecule has 0 unspecified atom stereocenters. The van der Waals surface area contributed by atoms with Gasteiger partial charge >= 0.3 is 0 Å². The monoisotopic (exact) mass is 413 g/mol. The lowest BCUT2D eigenvalue weighted by Gasteiger charge is -2.10. The van der Waals surface area contributed by atoms with Gasteiger partial charge in [-0.15, -0.1) is 0 Å². The van der Waals surface area contributed by atoms with Crippen molar-refractivity contribution in [3.05, 3.63) is 58.6 Å². The van der Waals surface area contributed by atoms with Crippen molar-refractivity contribution in [2.75, 3.05) is 11.3 Å². The lowest BCUT2D eigenvalue weighted by molar-refractivity contribution is -0.384. The van der Waals surface area contributed by atoms with Gasteiger partial charge in [0.1, 0.15) is 0 Å². The normalized spacial score (nSPS) is 11.9. The van der Waals surface area contributed by atoms with E-state index in [2.05, 4.69) is 9.44 Å². The van der Waals surface area contributed by atoms with Crippen molar-refractivity contribution < 1.29 is 21.8 Å². The molecule has 2 aromatic rings. The summed E-state index contributed by atoms with van der Waals surface area (Å²) in [6, 6.07) is 9.67. The Bertz CT molecular complexity index is 1000. The van der Waals surface area contributed by atoms with Crippen molar-refractivity contribution in [3.8, 4) is 0 Å². The van der Waals surface area contributed by atoms with Crippen molar-refractivity contribution in [1.82, 2.24) is 4.72 Å². The summed E-state index contributed by atoms with van der Waals surface area (Å²) in [5.74, 6) is 0. The molecule has 0 heterocycles. The fourth-order valence-corrected chi connectivity index (χ4v) is 4.26. The number of nitro benzene ring substituents is 1. The van der Waals surface area contributed by atoms with Crippen LogP contribution in [0.25, 0.3) is 0 Å². The predicted octanol–water partition coefficient (Wildman–Crippen LogP) is 2.47. The second-order valence-electron chi connectivity index (χ2n) is 5.63. The first-order valence-electron chi connectivity index (χ1n) is 8.03. The van der Waals surface area contributed by atoms with Crippen LogP contribution in [0.3, 0.4) is 0 Å². The fraction of sp³-hybridized carbons (Fsp3) is 0.250. The summed E-state index contributed by atoms with van der Waals surface area (Å²) in [6.45, 7) is 2.27. The molecule has 2 aromatic carbocycles. The highest BCUT2D eigenvalue weighted by Gasteiger charge is 2.17. The third kappa shape index (κ3) is 5.49. The van der Waals surface area contributed by atoms with Gasteiger partial charge in [0.25, 0.3) is 15.7 Å². The molecule has 2 rings (SSSR count). The van der Waals surface area contributed by atoms with Gasteiger partial charge in [-0.1, -0.05) is 13.3 Å². The van der Waals surface area contributed by atoms with Gasteiger partial charge in [0.05, 0.1) is 14.7 Å². The summed E-state index contributed by atoms with van der Waals surface area (Å²) in [7, 11) is -7.61. The number of benzene rings is 2. The van der Waals surface area contributed by atoms with Gasteiger partial charge in [0.15, 0.2) is 0 Å². The minimum Gasteiger partial charge on any atom is -0.280 e. The van der Waals surface area contributed by atoms with Crippen LogP contribution in [-0.4, -0.2) is 28.3 Å². The molecule has 0 amide bonds. The molecule has 9 nitrogen and oxygen atoms in total. The molecule has 2 N–H and O–H groups in total. The van der Waals surface area contributed by atoms with Gasteiger partial charge in [-0.2, -0.15) is 0 Å². The number of non-ortho nitro benzene ring substituents is 1. The Kier molecular flexibility index (Phi) is 6.52. The largest absolute Gasteiger partial charge is 0.280 e. The maximum Gasteiger partial charge on any atom is 0.269 e. The lowest BCUT2D eigenvalue weighted by atomic mass is 10.3. The minimum atomic E-state index is -3.96.